The van der Waals surface area contributed by atoms with Crippen molar-refractivity contribution in [3.63, 3.8) is 0 Å². The zero-order valence-electron chi connectivity index (χ0n) is 22.4. The molecule has 2 aromatic carbocycles. The molecule has 1 aliphatic heterocycles. The van der Waals surface area contributed by atoms with Crippen molar-refractivity contribution in [2.24, 2.45) is 0 Å². The van der Waals surface area contributed by atoms with Gasteiger partial charge in [-0.2, -0.15) is 4.57 Å². The minimum absolute atomic E-state index is 0.0888. The zero-order valence-corrected chi connectivity index (χ0v) is 24.8. The summed E-state index contributed by atoms with van der Waals surface area (Å²) in [5.41, 5.74) is 3.72. The van der Waals surface area contributed by atoms with E-state index in [2.05, 4.69) is 103 Å². The van der Waals surface area contributed by atoms with Gasteiger partial charge in [0.25, 0.3) is 10.6 Å². The van der Waals surface area contributed by atoms with Gasteiger partial charge in [0.15, 0.2) is 0 Å². The van der Waals surface area contributed by atoms with Gasteiger partial charge >= 0.3 is 0 Å². The second-order valence-corrected chi connectivity index (χ2v) is 12.3. The fourth-order valence-electron chi connectivity index (χ4n) is 4.95. The monoisotopic (exact) mass is 560 g/mol. The van der Waals surface area contributed by atoms with Gasteiger partial charge in [-0.25, -0.2) is 0 Å². The summed E-state index contributed by atoms with van der Waals surface area (Å²) < 4.78 is 6.06. The number of rotatable bonds is 7. The lowest BCUT2D eigenvalue weighted by Crippen LogP contribution is -2.36. The van der Waals surface area contributed by atoms with Crippen molar-refractivity contribution in [2.45, 2.75) is 46.8 Å². The maximum atomic E-state index is 13.4. The van der Waals surface area contributed by atoms with Gasteiger partial charge < -0.3 is 4.90 Å². The summed E-state index contributed by atoms with van der Waals surface area (Å²) in [5.74, 6) is 1.10. The Hall–Kier alpha value is -2.87. The van der Waals surface area contributed by atoms with Crippen LogP contribution in [0.1, 0.15) is 32.7 Å². The van der Waals surface area contributed by atoms with E-state index >= 15 is 0 Å². The highest BCUT2D eigenvalue weighted by atomic mass is 32.2. The van der Waals surface area contributed by atoms with E-state index < -0.39 is 0 Å². The molecule has 7 heteroatoms. The molecule has 0 spiro atoms. The minimum Gasteiger partial charge on any atom is -0.363 e. The molecule has 1 atom stereocenters. The number of benzene rings is 2. The molecule has 1 aliphatic rings. The van der Waals surface area contributed by atoms with Gasteiger partial charge in [-0.3, -0.25) is 9.36 Å². The van der Waals surface area contributed by atoms with E-state index in [1.807, 2.05) is 29.3 Å². The number of thioether (sulfide) groups is 1. The van der Waals surface area contributed by atoms with Crippen LogP contribution in [0.25, 0.3) is 33.9 Å². The van der Waals surface area contributed by atoms with E-state index in [1.54, 1.807) is 22.7 Å². The van der Waals surface area contributed by atoms with E-state index in [9.17, 15) is 4.79 Å². The average Bonchev–Trinajstić information content (AvgIpc) is 3.60. The lowest BCUT2D eigenvalue weighted by molar-refractivity contribution is -0.679. The Morgan fingerprint density at radius 1 is 0.921 bits per heavy atom. The average molecular weight is 561 g/mol. The molecular weight excluding hydrogens is 527 g/mol. The molecule has 0 radical (unpaired) electrons. The molecule has 3 heterocycles. The van der Waals surface area contributed by atoms with Crippen LogP contribution in [-0.2, 0) is 13.1 Å². The van der Waals surface area contributed by atoms with Crippen molar-refractivity contribution >= 4 is 46.6 Å². The topological polar surface area (TPSA) is 29.1 Å². The summed E-state index contributed by atoms with van der Waals surface area (Å²) in [5, 5.41) is 2.40. The first-order valence-corrected chi connectivity index (χ1v) is 15.9. The van der Waals surface area contributed by atoms with Crippen LogP contribution in [0.4, 0.5) is 0 Å². The van der Waals surface area contributed by atoms with Gasteiger partial charge in [-0.05, 0) is 57.5 Å². The van der Waals surface area contributed by atoms with Crippen LogP contribution in [0, 0.1) is 0 Å². The van der Waals surface area contributed by atoms with Gasteiger partial charge in [0.1, 0.15) is 16.1 Å². The van der Waals surface area contributed by atoms with Crippen molar-refractivity contribution in [3.8, 4) is 21.7 Å². The summed E-state index contributed by atoms with van der Waals surface area (Å²) in [4.78, 5) is 17.0. The Labute approximate surface area is 236 Å². The van der Waals surface area contributed by atoms with Crippen molar-refractivity contribution in [3.05, 3.63) is 96.3 Å². The highest BCUT2D eigenvalue weighted by Gasteiger charge is 2.27. The molecule has 0 amide bonds. The molecule has 1 saturated heterocycles. The Morgan fingerprint density at radius 3 is 2.24 bits per heavy atom. The van der Waals surface area contributed by atoms with Gasteiger partial charge in [0.05, 0.1) is 15.6 Å². The predicted octanol–water partition coefficient (Wildman–Crippen LogP) is 5.54. The van der Waals surface area contributed by atoms with Crippen LogP contribution in [0.5, 0.6) is 0 Å². The highest BCUT2D eigenvalue weighted by molar-refractivity contribution is 8.03. The number of allylic oxidation sites excluding steroid dienone is 1. The fraction of sp³-hybridized carbons (Fsp3) is 0.290. The van der Waals surface area contributed by atoms with Crippen molar-refractivity contribution in [1.82, 2.24) is 9.47 Å². The third-order valence-electron chi connectivity index (χ3n) is 6.86. The molecule has 5 rings (SSSR count). The van der Waals surface area contributed by atoms with Crippen LogP contribution in [0.3, 0.4) is 0 Å². The first-order valence-electron chi connectivity index (χ1n) is 13.3. The van der Waals surface area contributed by atoms with Crippen LogP contribution in [-0.4, -0.2) is 27.8 Å². The summed E-state index contributed by atoms with van der Waals surface area (Å²) in [6.07, 6.45) is 6.36. The Bertz CT molecular complexity index is 1610. The summed E-state index contributed by atoms with van der Waals surface area (Å²) in [7, 11) is 0. The van der Waals surface area contributed by atoms with E-state index in [1.165, 1.54) is 26.7 Å². The van der Waals surface area contributed by atoms with Crippen molar-refractivity contribution in [1.29, 1.82) is 0 Å². The smallest absolute Gasteiger partial charge is 0.269 e. The second kappa shape index (κ2) is 11.9. The lowest BCUT2D eigenvalue weighted by Gasteiger charge is -2.21. The number of hydrogen-bond acceptors (Lipinski definition) is 5. The first-order chi connectivity index (χ1) is 18.5. The summed E-state index contributed by atoms with van der Waals surface area (Å²) in [6.45, 7) is 11.2. The van der Waals surface area contributed by atoms with Crippen LogP contribution in [0.2, 0.25) is 0 Å². The van der Waals surface area contributed by atoms with Gasteiger partial charge in [0, 0.05) is 30.4 Å². The zero-order chi connectivity index (χ0) is 26.6. The normalized spacial score (nSPS) is 17.7. The molecule has 1 unspecified atom stereocenters. The molecule has 2 aromatic heterocycles. The molecule has 0 bridgehead atoms. The quantitative estimate of drug-likeness (QED) is 0.278. The maximum Gasteiger partial charge on any atom is 0.269 e. The number of hydrogen-bond donors (Lipinski definition) is 0. The first kappa shape index (κ1) is 26.7. The SMILES string of the molecule is CCN1C(=CC=c2sc(=Cc3sc(-c4ccccc4)c(-c4ccccc4)[n+]3CC)n(CC)c2=O)SCC1C. The number of nitrogens with zero attached hydrogens (tertiary/aromatic N) is 3. The molecule has 4 nitrogen and oxygen atoms in total. The molecule has 1 fully saturated rings. The largest absolute Gasteiger partial charge is 0.363 e. The number of aromatic nitrogens is 2. The molecule has 4 aromatic rings. The van der Waals surface area contributed by atoms with E-state index in [-0.39, 0.29) is 5.56 Å². The van der Waals surface area contributed by atoms with E-state index in [0.717, 1.165) is 33.0 Å². The summed E-state index contributed by atoms with van der Waals surface area (Å²) >= 11 is 5.25. The molecule has 0 N–H and O–H groups in total. The van der Waals surface area contributed by atoms with E-state index in [0.29, 0.717) is 12.6 Å². The molecule has 0 saturated carbocycles. The highest BCUT2D eigenvalue weighted by Crippen LogP contribution is 2.36. The van der Waals surface area contributed by atoms with Gasteiger partial charge in [-0.15, -0.1) is 23.1 Å². The second-order valence-electron chi connectivity index (χ2n) is 9.21. The standard InChI is InChI=1S/C31H34N3OS3/c1-5-32-22(4)21-36-26(32)19-18-25-31(35)34(7-3)28(37-25)20-27-33(6-2)29(23-14-10-8-11-15-23)30(38-27)24-16-12-9-13-17-24/h8-20,22H,5-7,21H2,1-4H3/q+1. The third-order valence-corrected chi connectivity index (χ3v) is 10.4. The lowest BCUT2D eigenvalue weighted by atomic mass is 10.1. The Morgan fingerprint density at radius 2 is 1.61 bits per heavy atom. The maximum absolute atomic E-state index is 13.4. The Kier molecular flexibility index (Phi) is 8.36. The predicted molar refractivity (Wildman–Crippen MR) is 165 cm³/mol. The minimum atomic E-state index is 0.0888. The molecule has 196 valence electrons. The van der Waals surface area contributed by atoms with Gasteiger partial charge in [0.2, 0.25) is 5.69 Å². The van der Waals surface area contributed by atoms with Crippen LogP contribution in [0.15, 0.2) is 76.6 Å². The van der Waals surface area contributed by atoms with Crippen LogP contribution >= 0.6 is 34.4 Å². The van der Waals surface area contributed by atoms with Crippen molar-refractivity contribution < 1.29 is 4.57 Å². The molecule has 0 aliphatic carbocycles. The number of thiazole rings is 2. The molecular formula is C31H34N3OS3+. The molecule has 38 heavy (non-hydrogen) atoms. The summed E-state index contributed by atoms with van der Waals surface area (Å²) in [6, 6.07) is 21.7. The third kappa shape index (κ3) is 5.20. The van der Waals surface area contributed by atoms with Gasteiger partial charge in [-0.1, -0.05) is 59.9 Å². The Balaban J connectivity index is 1.68. The van der Waals surface area contributed by atoms with Crippen LogP contribution < -0.4 is 19.3 Å². The van der Waals surface area contributed by atoms with Crippen molar-refractivity contribution in [2.75, 3.05) is 12.3 Å². The van der Waals surface area contributed by atoms with E-state index in [4.69, 9.17) is 0 Å². The fourth-order valence-corrected chi connectivity index (χ4v) is 8.59.